The molecule has 0 aromatic heterocycles. The van der Waals surface area contributed by atoms with Crippen molar-refractivity contribution >= 4 is 19.9 Å². The Morgan fingerprint density at radius 3 is 2.46 bits per heavy atom. The molecule has 1 aliphatic rings. The maximum atomic E-state index is 12.0. The van der Waals surface area contributed by atoms with Crippen LogP contribution in [0.3, 0.4) is 0 Å². The minimum absolute atomic E-state index is 0.0123. The molecule has 1 aliphatic carbocycles. The molecule has 2 rings (SSSR count). The number of hydrogen-bond donors (Lipinski definition) is 1. The number of allylic oxidation sites excluding steroid dienone is 1. The molecule has 1 atom stereocenters. The van der Waals surface area contributed by atoms with Crippen molar-refractivity contribution in [2.24, 2.45) is 0 Å². The van der Waals surface area contributed by atoms with E-state index in [0.29, 0.717) is 12.2 Å². The Kier molecular flexibility index (Phi) is 5.40. The number of aliphatic hydroxyl groups is 1. The lowest BCUT2D eigenvalue weighted by atomic mass is 9.89. The van der Waals surface area contributed by atoms with E-state index in [1.807, 2.05) is 24.3 Å². The zero-order chi connectivity index (χ0) is 18.1. The molecule has 0 aliphatic heterocycles. The van der Waals surface area contributed by atoms with Crippen LogP contribution in [0.25, 0.3) is 5.76 Å². The fourth-order valence-electron chi connectivity index (χ4n) is 3.03. The number of fused-ring (bicyclic) bond motifs is 1. The molecule has 1 aromatic carbocycles. The summed E-state index contributed by atoms with van der Waals surface area (Å²) in [6.07, 6.45) is 1.71. The molecule has 1 aromatic rings. The molecule has 1 N–H and O–H groups in total. The molecule has 0 heterocycles. The molecule has 0 fully saturated rings. The minimum Gasteiger partial charge on any atom is -0.507 e. The minimum atomic E-state index is -1.73. The molecule has 24 heavy (non-hydrogen) atoms. The van der Waals surface area contributed by atoms with Crippen LogP contribution in [0, 0.1) is 0 Å². The van der Waals surface area contributed by atoms with E-state index in [0.717, 1.165) is 24.0 Å². The summed E-state index contributed by atoms with van der Waals surface area (Å²) in [4.78, 5) is 12.0. The monoisotopic (exact) mass is 346 g/mol. The van der Waals surface area contributed by atoms with Crippen molar-refractivity contribution in [2.75, 3.05) is 6.61 Å². The zero-order valence-corrected chi connectivity index (χ0v) is 16.8. The number of carbonyl (C=O) groups is 1. The summed E-state index contributed by atoms with van der Waals surface area (Å²) in [5.41, 5.74) is 2.43. The van der Waals surface area contributed by atoms with Crippen LogP contribution in [0.4, 0.5) is 0 Å². The van der Waals surface area contributed by atoms with E-state index >= 15 is 0 Å². The van der Waals surface area contributed by atoms with Crippen LogP contribution in [0.5, 0.6) is 0 Å². The Labute approximate surface area is 146 Å². The summed E-state index contributed by atoms with van der Waals surface area (Å²) in [7, 11) is -1.73. The highest BCUT2D eigenvalue weighted by atomic mass is 28.4. The zero-order valence-electron chi connectivity index (χ0n) is 15.8. The number of Topliss-reactive ketones (excluding diaryl/α,β-unsaturated/α-hetero) is 1. The molecule has 0 spiro atoms. The average Bonchev–Trinajstić information content (AvgIpc) is 2.76. The standard InChI is InChI=1S/C20H30O3Si/c1-14(21)18-16(15-10-7-8-11-17(15)19(18)22)12-9-13-23-24(5,6)20(2,3)4/h7-8,10-11,16,22H,9,12-13H2,1-6H3/t16-/m0/s1. The van der Waals surface area contributed by atoms with Gasteiger partial charge in [0.25, 0.3) is 0 Å². The van der Waals surface area contributed by atoms with Gasteiger partial charge in [-0.25, -0.2) is 0 Å². The van der Waals surface area contributed by atoms with Crippen molar-refractivity contribution < 1.29 is 14.3 Å². The lowest BCUT2D eigenvalue weighted by molar-refractivity contribution is -0.113. The van der Waals surface area contributed by atoms with Gasteiger partial charge in [-0.15, -0.1) is 0 Å². The molecule has 0 bridgehead atoms. The molecular weight excluding hydrogens is 316 g/mol. The van der Waals surface area contributed by atoms with E-state index in [4.69, 9.17) is 4.43 Å². The molecule has 132 valence electrons. The average molecular weight is 347 g/mol. The van der Waals surface area contributed by atoms with Gasteiger partial charge in [0.05, 0.1) is 0 Å². The van der Waals surface area contributed by atoms with Crippen molar-refractivity contribution in [3.05, 3.63) is 41.0 Å². The van der Waals surface area contributed by atoms with Gasteiger partial charge in [-0.2, -0.15) is 0 Å². The maximum Gasteiger partial charge on any atom is 0.191 e. The lowest BCUT2D eigenvalue weighted by Gasteiger charge is -2.36. The van der Waals surface area contributed by atoms with Gasteiger partial charge in [-0.05, 0) is 43.5 Å². The lowest BCUT2D eigenvalue weighted by Crippen LogP contribution is -2.41. The molecule has 3 nitrogen and oxygen atoms in total. The number of ketones is 1. The number of benzene rings is 1. The smallest absolute Gasteiger partial charge is 0.191 e. The first-order valence-electron chi connectivity index (χ1n) is 8.73. The van der Waals surface area contributed by atoms with Crippen LogP contribution in [-0.4, -0.2) is 25.8 Å². The first-order chi connectivity index (χ1) is 11.1. The van der Waals surface area contributed by atoms with Crippen molar-refractivity contribution in [1.29, 1.82) is 0 Å². The number of rotatable bonds is 6. The first-order valence-corrected chi connectivity index (χ1v) is 11.6. The quantitative estimate of drug-likeness (QED) is 0.551. The van der Waals surface area contributed by atoms with Gasteiger partial charge < -0.3 is 9.53 Å². The maximum absolute atomic E-state index is 12.0. The topological polar surface area (TPSA) is 46.5 Å². The Hall–Kier alpha value is -1.39. The van der Waals surface area contributed by atoms with Gasteiger partial charge in [0.2, 0.25) is 0 Å². The van der Waals surface area contributed by atoms with E-state index in [1.54, 1.807) is 0 Å². The van der Waals surface area contributed by atoms with E-state index in [1.165, 1.54) is 6.92 Å². The van der Waals surface area contributed by atoms with E-state index < -0.39 is 8.32 Å². The second-order valence-electron chi connectivity index (χ2n) is 8.21. The van der Waals surface area contributed by atoms with Crippen LogP contribution in [0.15, 0.2) is 29.8 Å². The van der Waals surface area contributed by atoms with Gasteiger partial charge in [-0.1, -0.05) is 45.0 Å². The van der Waals surface area contributed by atoms with E-state index in [-0.39, 0.29) is 22.5 Å². The van der Waals surface area contributed by atoms with Crippen molar-refractivity contribution in [3.8, 4) is 0 Å². The predicted molar refractivity (Wildman–Crippen MR) is 102 cm³/mol. The second-order valence-corrected chi connectivity index (χ2v) is 13.0. The summed E-state index contributed by atoms with van der Waals surface area (Å²) in [5, 5.41) is 10.6. The van der Waals surface area contributed by atoms with Crippen molar-refractivity contribution in [1.82, 2.24) is 0 Å². The highest BCUT2D eigenvalue weighted by Gasteiger charge is 2.37. The van der Waals surface area contributed by atoms with Crippen LogP contribution in [-0.2, 0) is 9.22 Å². The third-order valence-electron chi connectivity index (χ3n) is 5.48. The van der Waals surface area contributed by atoms with Crippen LogP contribution in [0.1, 0.15) is 57.6 Å². The SMILES string of the molecule is CC(=O)C1=C(O)c2ccccc2[C@@H]1CCCO[Si](C)(C)C(C)(C)C. The molecule has 0 saturated heterocycles. The highest BCUT2D eigenvalue weighted by molar-refractivity contribution is 6.74. The summed E-state index contributed by atoms with van der Waals surface area (Å²) in [5.74, 6) is 0.106. The molecule has 0 amide bonds. The van der Waals surface area contributed by atoms with Crippen LogP contribution < -0.4 is 0 Å². The molecular formula is C20H30O3Si. The fourth-order valence-corrected chi connectivity index (χ4v) is 4.11. The number of hydrogen-bond acceptors (Lipinski definition) is 3. The Balaban J connectivity index is 2.06. The van der Waals surface area contributed by atoms with Crippen LogP contribution >= 0.6 is 0 Å². The third kappa shape index (κ3) is 3.65. The van der Waals surface area contributed by atoms with Crippen molar-refractivity contribution in [2.45, 2.75) is 64.6 Å². The number of carbonyl (C=O) groups excluding carboxylic acids is 1. The third-order valence-corrected chi connectivity index (χ3v) is 10.0. The summed E-state index contributed by atoms with van der Waals surface area (Å²) >= 11 is 0. The van der Waals surface area contributed by atoms with Gasteiger partial charge >= 0.3 is 0 Å². The summed E-state index contributed by atoms with van der Waals surface area (Å²) < 4.78 is 6.24. The molecule has 0 unspecified atom stereocenters. The first kappa shape index (κ1) is 18.9. The Bertz CT molecular complexity index is 653. The molecule has 0 saturated carbocycles. The van der Waals surface area contributed by atoms with E-state index in [2.05, 4.69) is 33.9 Å². The van der Waals surface area contributed by atoms with Gasteiger partial charge in [-0.3, -0.25) is 4.79 Å². The fraction of sp³-hybridized carbons (Fsp3) is 0.550. The van der Waals surface area contributed by atoms with Gasteiger partial charge in [0, 0.05) is 23.7 Å². The Morgan fingerprint density at radius 2 is 1.88 bits per heavy atom. The van der Waals surface area contributed by atoms with Gasteiger partial charge in [0.15, 0.2) is 14.1 Å². The highest BCUT2D eigenvalue weighted by Crippen LogP contribution is 2.43. The van der Waals surface area contributed by atoms with Gasteiger partial charge in [0.1, 0.15) is 5.76 Å². The predicted octanol–water partition coefficient (Wildman–Crippen LogP) is 5.44. The summed E-state index contributed by atoms with van der Waals surface area (Å²) in [6, 6.07) is 7.77. The molecule has 0 radical (unpaired) electrons. The summed E-state index contributed by atoms with van der Waals surface area (Å²) in [6.45, 7) is 13.5. The second kappa shape index (κ2) is 6.85. The van der Waals surface area contributed by atoms with E-state index in [9.17, 15) is 9.90 Å². The normalized spacial score (nSPS) is 18.0. The van der Waals surface area contributed by atoms with Crippen molar-refractivity contribution in [3.63, 3.8) is 0 Å². The van der Waals surface area contributed by atoms with Crippen LogP contribution in [0.2, 0.25) is 18.1 Å². The molecule has 4 heteroatoms. The largest absolute Gasteiger partial charge is 0.507 e. The Morgan fingerprint density at radius 1 is 1.25 bits per heavy atom. The number of aliphatic hydroxyl groups excluding tert-OH is 1.